The van der Waals surface area contributed by atoms with Crippen LogP contribution in [-0.2, 0) is 6.42 Å². The fourth-order valence-corrected chi connectivity index (χ4v) is 6.82. The number of carbonyl (C=O) groups excluding carboxylic acids is 2. The topological polar surface area (TPSA) is 55.9 Å². The fourth-order valence-electron chi connectivity index (χ4n) is 6.82. The Kier molecular flexibility index (Phi) is 16.8. The lowest BCUT2D eigenvalue weighted by atomic mass is 9.80. The van der Waals surface area contributed by atoms with Crippen molar-refractivity contribution in [1.29, 1.82) is 0 Å². The molecule has 3 rings (SSSR count). The first-order valence-corrected chi connectivity index (χ1v) is 18.5. The highest BCUT2D eigenvalue weighted by Gasteiger charge is 2.39. The van der Waals surface area contributed by atoms with E-state index in [1.807, 2.05) is 38.4 Å². The van der Waals surface area contributed by atoms with E-state index in [1.54, 1.807) is 0 Å². The first-order chi connectivity index (χ1) is 22.4. The van der Waals surface area contributed by atoms with Crippen molar-refractivity contribution in [2.75, 3.05) is 58.3 Å². The monoisotopic (exact) mass is 633 g/mol. The number of rotatable bonds is 22. The number of anilines is 1. The van der Waals surface area contributed by atoms with Crippen LogP contribution in [0.5, 0.6) is 0 Å². The maximum absolute atomic E-state index is 14.1. The number of unbranched alkanes of at least 4 members (excludes halogenated alkanes) is 10. The van der Waals surface area contributed by atoms with E-state index in [0.29, 0.717) is 12.8 Å². The van der Waals surface area contributed by atoms with Gasteiger partial charge in [0.05, 0.1) is 5.54 Å². The number of hydrogen-bond acceptors (Lipinski definition) is 5. The zero-order valence-electron chi connectivity index (χ0n) is 29.9. The lowest BCUT2D eigenvalue weighted by Gasteiger charge is -2.38. The van der Waals surface area contributed by atoms with Gasteiger partial charge in [0.15, 0.2) is 5.78 Å². The molecule has 1 amide bonds. The first kappa shape index (κ1) is 37.8. The Bertz CT molecular complexity index is 1120. The van der Waals surface area contributed by atoms with E-state index >= 15 is 0 Å². The fraction of sp³-hybridized carbons (Fsp3) is 0.650. The third kappa shape index (κ3) is 11.2. The minimum absolute atomic E-state index is 0.142. The van der Waals surface area contributed by atoms with Gasteiger partial charge in [0.2, 0.25) is 0 Å². The molecule has 1 aliphatic rings. The number of likely N-dealkylation sites (N-methyl/N-ethyl adjacent to an activating group) is 1. The molecule has 0 saturated carbocycles. The predicted octanol–water partition coefficient (Wildman–Crippen LogP) is 8.40. The third-order valence-corrected chi connectivity index (χ3v) is 10.0. The van der Waals surface area contributed by atoms with Crippen LogP contribution in [0, 0.1) is 0 Å². The number of Topliss-reactive ketones (excluding diaryl/α,β-unsaturated/α-hetero) is 1. The first-order valence-electron chi connectivity index (χ1n) is 18.5. The van der Waals surface area contributed by atoms with Crippen molar-refractivity contribution in [3.05, 3.63) is 65.2 Å². The van der Waals surface area contributed by atoms with Gasteiger partial charge in [-0.1, -0.05) is 97.1 Å². The molecule has 0 spiro atoms. The summed E-state index contributed by atoms with van der Waals surface area (Å²) in [7, 11) is 4.02. The Morgan fingerprint density at radius 1 is 0.696 bits per heavy atom. The van der Waals surface area contributed by atoms with E-state index in [-0.39, 0.29) is 11.7 Å². The minimum Gasteiger partial charge on any atom is -0.369 e. The molecule has 46 heavy (non-hydrogen) atoms. The van der Waals surface area contributed by atoms with Crippen LogP contribution in [0.4, 0.5) is 5.69 Å². The standard InChI is InChI=1S/C40H64N4O2/c1-6-9-11-13-15-17-29-44(30-18-16-14-12-10-7-2)39(46)36-21-19-34(20-22-36)33-40(8-3,42(4)5)38(45)35-23-25-37(26-24-35)43-31-27-41-28-32-43/h19-26,41H,6-18,27-33H2,1-5H3. The van der Waals surface area contributed by atoms with Crippen molar-refractivity contribution in [2.24, 2.45) is 0 Å². The molecule has 1 N–H and O–H groups in total. The van der Waals surface area contributed by atoms with E-state index in [4.69, 9.17) is 0 Å². The Labute approximate surface area is 281 Å². The Hall–Kier alpha value is -2.70. The maximum Gasteiger partial charge on any atom is 0.253 e. The number of nitrogens with one attached hydrogen (secondary N) is 1. The van der Waals surface area contributed by atoms with Crippen LogP contribution in [-0.4, -0.2) is 80.4 Å². The summed E-state index contributed by atoms with van der Waals surface area (Å²) in [5.74, 6) is 0.291. The lowest BCUT2D eigenvalue weighted by Crippen LogP contribution is -2.52. The summed E-state index contributed by atoms with van der Waals surface area (Å²) < 4.78 is 0. The van der Waals surface area contributed by atoms with Crippen molar-refractivity contribution < 1.29 is 9.59 Å². The van der Waals surface area contributed by atoms with E-state index < -0.39 is 5.54 Å². The van der Waals surface area contributed by atoms with E-state index in [2.05, 4.69) is 65.1 Å². The van der Waals surface area contributed by atoms with E-state index in [1.165, 1.54) is 69.9 Å². The van der Waals surface area contributed by atoms with Crippen LogP contribution >= 0.6 is 0 Å². The van der Waals surface area contributed by atoms with Crippen molar-refractivity contribution in [3.8, 4) is 0 Å². The summed E-state index contributed by atoms with van der Waals surface area (Å²) in [5, 5.41) is 3.40. The van der Waals surface area contributed by atoms with Gasteiger partial charge < -0.3 is 15.1 Å². The minimum atomic E-state index is -0.663. The lowest BCUT2D eigenvalue weighted by molar-refractivity contribution is 0.0665. The van der Waals surface area contributed by atoms with Gasteiger partial charge in [-0.15, -0.1) is 0 Å². The summed E-state index contributed by atoms with van der Waals surface area (Å²) in [6.45, 7) is 12.2. The zero-order chi connectivity index (χ0) is 33.2. The highest BCUT2D eigenvalue weighted by molar-refractivity contribution is 6.03. The average Bonchev–Trinajstić information content (AvgIpc) is 3.09. The molecule has 256 valence electrons. The Balaban J connectivity index is 1.68. The second-order valence-electron chi connectivity index (χ2n) is 13.6. The highest BCUT2D eigenvalue weighted by Crippen LogP contribution is 2.29. The number of carbonyl (C=O) groups is 2. The van der Waals surface area contributed by atoms with Crippen molar-refractivity contribution in [3.63, 3.8) is 0 Å². The molecule has 0 bridgehead atoms. The van der Waals surface area contributed by atoms with Gasteiger partial charge in [0.1, 0.15) is 0 Å². The van der Waals surface area contributed by atoms with Crippen molar-refractivity contribution in [1.82, 2.24) is 15.1 Å². The molecule has 1 fully saturated rings. The van der Waals surface area contributed by atoms with Gasteiger partial charge >= 0.3 is 0 Å². The molecular weight excluding hydrogens is 568 g/mol. The average molecular weight is 633 g/mol. The summed E-state index contributed by atoms with van der Waals surface area (Å²) >= 11 is 0. The van der Waals surface area contributed by atoms with Crippen molar-refractivity contribution in [2.45, 2.75) is 116 Å². The molecular formula is C40H64N4O2. The maximum atomic E-state index is 14.1. The van der Waals surface area contributed by atoms with Crippen LogP contribution in [0.25, 0.3) is 0 Å². The SMILES string of the molecule is CCCCCCCCN(CCCCCCCC)C(=O)c1ccc(CC(CC)(C(=O)c2ccc(N3CCNCC3)cc2)N(C)C)cc1. The molecule has 1 heterocycles. The Morgan fingerprint density at radius 3 is 1.70 bits per heavy atom. The normalized spacial score (nSPS) is 14.8. The molecule has 2 aromatic rings. The van der Waals surface area contributed by atoms with Gasteiger partial charge in [-0.2, -0.15) is 0 Å². The van der Waals surface area contributed by atoms with Crippen LogP contribution in [0.15, 0.2) is 48.5 Å². The van der Waals surface area contributed by atoms with Crippen LogP contribution in [0.3, 0.4) is 0 Å². The smallest absolute Gasteiger partial charge is 0.253 e. The van der Waals surface area contributed by atoms with Crippen molar-refractivity contribution >= 4 is 17.4 Å². The number of ketones is 1. The zero-order valence-corrected chi connectivity index (χ0v) is 29.9. The third-order valence-electron chi connectivity index (χ3n) is 10.0. The molecule has 0 aliphatic carbocycles. The number of nitrogens with zero attached hydrogens (tertiary/aromatic N) is 3. The van der Waals surface area contributed by atoms with E-state index in [0.717, 1.165) is 68.8 Å². The number of hydrogen-bond donors (Lipinski definition) is 1. The summed E-state index contributed by atoms with van der Waals surface area (Å²) in [6, 6.07) is 16.3. The second-order valence-corrected chi connectivity index (χ2v) is 13.6. The molecule has 1 unspecified atom stereocenters. The van der Waals surface area contributed by atoms with Gasteiger partial charge in [-0.3, -0.25) is 14.5 Å². The quantitative estimate of drug-likeness (QED) is 0.104. The second kappa shape index (κ2) is 20.5. The van der Waals surface area contributed by atoms with Crippen LogP contribution < -0.4 is 10.2 Å². The molecule has 0 radical (unpaired) electrons. The molecule has 6 nitrogen and oxygen atoms in total. The molecule has 6 heteroatoms. The van der Waals surface area contributed by atoms with Gasteiger partial charge in [0, 0.05) is 56.1 Å². The molecule has 1 saturated heterocycles. The highest BCUT2D eigenvalue weighted by atomic mass is 16.2. The van der Waals surface area contributed by atoms with Crippen LogP contribution in [0.2, 0.25) is 0 Å². The largest absolute Gasteiger partial charge is 0.369 e. The summed E-state index contributed by atoms with van der Waals surface area (Å²) in [4.78, 5) is 34.4. The predicted molar refractivity (Wildman–Crippen MR) is 195 cm³/mol. The molecule has 1 aliphatic heterocycles. The number of amides is 1. The number of benzene rings is 2. The number of piperazine rings is 1. The molecule has 0 aromatic heterocycles. The van der Waals surface area contributed by atoms with Crippen LogP contribution in [0.1, 0.15) is 131 Å². The van der Waals surface area contributed by atoms with Gasteiger partial charge in [-0.25, -0.2) is 0 Å². The molecule has 2 aromatic carbocycles. The van der Waals surface area contributed by atoms with Gasteiger partial charge in [0.25, 0.3) is 5.91 Å². The summed E-state index contributed by atoms with van der Waals surface area (Å²) in [5.41, 5.74) is 3.09. The Morgan fingerprint density at radius 2 is 1.20 bits per heavy atom. The summed E-state index contributed by atoms with van der Waals surface area (Å²) in [6.07, 6.45) is 16.0. The van der Waals surface area contributed by atoms with Gasteiger partial charge in [-0.05, 0) is 81.7 Å². The molecule has 1 atom stereocenters. The van der Waals surface area contributed by atoms with E-state index in [9.17, 15) is 9.59 Å².